The van der Waals surface area contributed by atoms with Crippen LogP contribution in [0.2, 0.25) is 0 Å². The Morgan fingerprint density at radius 1 is 1.00 bits per heavy atom. The zero-order valence-corrected chi connectivity index (χ0v) is 13.2. The van der Waals surface area contributed by atoms with Crippen molar-refractivity contribution in [1.29, 1.82) is 0 Å². The highest BCUT2D eigenvalue weighted by atomic mass is 15.3. The monoisotopic (exact) mass is 256 g/mol. The normalized spacial score (nSPS) is 13.2. The lowest BCUT2D eigenvalue weighted by Crippen LogP contribution is -2.40. The molecule has 0 radical (unpaired) electrons. The summed E-state index contributed by atoms with van der Waals surface area (Å²) in [6.07, 6.45) is 1.13. The second kappa shape index (κ2) is 8.35. The Morgan fingerprint density at radius 2 is 1.56 bits per heavy atom. The lowest BCUT2D eigenvalue weighted by atomic mass is 10.1. The van der Waals surface area contributed by atoms with Crippen molar-refractivity contribution in [3.05, 3.63) is 0 Å². The summed E-state index contributed by atoms with van der Waals surface area (Å²) < 4.78 is 0. The van der Waals surface area contributed by atoms with Gasteiger partial charge < -0.3 is 15.5 Å². The molecule has 18 heavy (non-hydrogen) atoms. The van der Waals surface area contributed by atoms with Crippen LogP contribution >= 0.6 is 0 Å². The van der Waals surface area contributed by atoms with Crippen molar-refractivity contribution in [1.82, 2.24) is 9.80 Å². The van der Waals surface area contributed by atoms with Crippen molar-refractivity contribution in [3.63, 3.8) is 0 Å². The van der Waals surface area contributed by atoms with Gasteiger partial charge in [0.2, 0.25) is 0 Å². The fourth-order valence-corrected chi connectivity index (χ4v) is 1.87. The predicted octanol–water partition coefficient (Wildman–Crippen LogP) is 2.15. The molecule has 0 aromatic carbocycles. The second-order valence-electron chi connectivity index (χ2n) is 5.60. The second-order valence-corrected chi connectivity index (χ2v) is 5.60. The molecule has 0 aliphatic heterocycles. The number of hydrogen-bond donors (Lipinski definition) is 1. The Bertz CT molecular complexity index is 239. The minimum atomic E-state index is -0.101. The lowest BCUT2D eigenvalue weighted by molar-refractivity contribution is 0.282. The minimum absolute atomic E-state index is 0.101. The van der Waals surface area contributed by atoms with Crippen LogP contribution in [0.1, 0.15) is 48.0 Å². The van der Waals surface area contributed by atoms with Crippen molar-refractivity contribution in [3.8, 4) is 0 Å². The maximum absolute atomic E-state index is 6.06. The van der Waals surface area contributed by atoms with Crippen molar-refractivity contribution < 1.29 is 0 Å². The van der Waals surface area contributed by atoms with Gasteiger partial charge in [0, 0.05) is 13.1 Å². The summed E-state index contributed by atoms with van der Waals surface area (Å²) in [5, 5.41) is 0. The van der Waals surface area contributed by atoms with E-state index in [4.69, 9.17) is 5.73 Å². The standard InChI is InChI=1S/C14H32N4/c1-7-17(8-2)11-10-12-18(9-3)13(15)16-14(4,5)6/h7-12H2,1-6H3,(H2,15,16). The maximum atomic E-state index is 6.06. The van der Waals surface area contributed by atoms with E-state index in [2.05, 4.69) is 56.3 Å². The molecule has 4 nitrogen and oxygen atoms in total. The van der Waals surface area contributed by atoms with Gasteiger partial charge in [-0.1, -0.05) is 13.8 Å². The maximum Gasteiger partial charge on any atom is 0.191 e. The molecule has 0 rings (SSSR count). The third kappa shape index (κ3) is 7.54. The van der Waals surface area contributed by atoms with Crippen LogP contribution in [0.25, 0.3) is 0 Å². The quantitative estimate of drug-likeness (QED) is 0.561. The fraction of sp³-hybridized carbons (Fsp3) is 0.929. The number of hydrogen-bond acceptors (Lipinski definition) is 2. The summed E-state index contributed by atoms with van der Waals surface area (Å²) in [5.41, 5.74) is 5.96. The highest BCUT2D eigenvalue weighted by Gasteiger charge is 2.12. The molecule has 0 atom stereocenters. The molecule has 0 aliphatic rings. The summed E-state index contributed by atoms with van der Waals surface area (Å²) in [6, 6.07) is 0. The predicted molar refractivity (Wildman–Crippen MR) is 81.0 cm³/mol. The first kappa shape index (κ1) is 17.2. The van der Waals surface area contributed by atoms with Gasteiger partial charge in [-0.3, -0.25) is 0 Å². The molecule has 0 aromatic heterocycles. The molecule has 4 heteroatoms. The molecule has 0 amide bonds. The van der Waals surface area contributed by atoms with Gasteiger partial charge in [0.05, 0.1) is 5.54 Å². The van der Waals surface area contributed by atoms with E-state index in [1.54, 1.807) is 0 Å². The van der Waals surface area contributed by atoms with Crippen molar-refractivity contribution in [2.75, 3.05) is 32.7 Å². The first-order valence-electron chi connectivity index (χ1n) is 7.16. The van der Waals surface area contributed by atoms with Gasteiger partial charge in [0.25, 0.3) is 0 Å². The van der Waals surface area contributed by atoms with E-state index in [9.17, 15) is 0 Å². The number of nitrogens with two attached hydrogens (primary N) is 1. The first-order valence-corrected chi connectivity index (χ1v) is 7.16. The Balaban J connectivity index is 4.23. The summed E-state index contributed by atoms with van der Waals surface area (Å²) in [6.45, 7) is 18.0. The van der Waals surface area contributed by atoms with Gasteiger partial charge in [-0.25, -0.2) is 4.99 Å². The SMILES string of the molecule is CCN(CC)CCCN(CC)C(N)=NC(C)(C)C. The molecule has 108 valence electrons. The molecule has 2 N–H and O–H groups in total. The molecule has 0 spiro atoms. The van der Waals surface area contributed by atoms with Crippen LogP contribution in [0.4, 0.5) is 0 Å². The van der Waals surface area contributed by atoms with Gasteiger partial charge in [-0.15, -0.1) is 0 Å². The largest absolute Gasteiger partial charge is 0.370 e. The van der Waals surface area contributed by atoms with E-state index >= 15 is 0 Å². The molecule has 0 saturated heterocycles. The van der Waals surface area contributed by atoms with Crippen LogP contribution < -0.4 is 5.73 Å². The molecular formula is C14H32N4. The van der Waals surface area contributed by atoms with Gasteiger partial charge >= 0.3 is 0 Å². The minimum Gasteiger partial charge on any atom is -0.370 e. The third-order valence-corrected chi connectivity index (χ3v) is 2.95. The van der Waals surface area contributed by atoms with E-state index in [0.717, 1.165) is 39.1 Å². The highest BCUT2D eigenvalue weighted by molar-refractivity contribution is 5.78. The Kier molecular flexibility index (Phi) is 8.00. The summed E-state index contributed by atoms with van der Waals surface area (Å²) in [5.74, 6) is 0.671. The van der Waals surface area contributed by atoms with Crippen molar-refractivity contribution in [2.45, 2.75) is 53.5 Å². The average molecular weight is 256 g/mol. The number of rotatable bonds is 7. The van der Waals surface area contributed by atoms with Gasteiger partial charge in [-0.05, 0) is 53.8 Å². The van der Waals surface area contributed by atoms with E-state index in [-0.39, 0.29) is 5.54 Å². The van der Waals surface area contributed by atoms with Crippen LogP contribution in [-0.2, 0) is 0 Å². The molecule has 0 bridgehead atoms. The molecular weight excluding hydrogens is 224 g/mol. The third-order valence-electron chi connectivity index (χ3n) is 2.95. The highest BCUT2D eigenvalue weighted by Crippen LogP contribution is 2.07. The number of guanidine groups is 1. The Morgan fingerprint density at radius 3 is 1.94 bits per heavy atom. The first-order chi connectivity index (χ1) is 8.34. The van der Waals surface area contributed by atoms with E-state index in [0.29, 0.717) is 5.96 Å². The topological polar surface area (TPSA) is 44.9 Å². The summed E-state index contributed by atoms with van der Waals surface area (Å²) >= 11 is 0. The van der Waals surface area contributed by atoms with Gasteiger partial charge in [0.1, 0.15) is 0 Å². The lowest BCUT2D eigenvalue weighted by Gasteiger charge is -2.26. The molecule has 0 aromatic rings. The van der Waals surface area contributed by atoms with Crippen LogP contribution in [0.15, 0.2) is 4.99 Å². The number of nitrogens with zero attached hydrogens (tertiary/aromatic N) is 3. The summed E-state index contributed by atoms with van der Waals surface area (Å²) in [7, 11) is 0. The molecule has 0 fully saturated rings. The summed E-state index contributed by atoms with van der Waals surface area (Å²) in [4.78, 5) is 9.12. The molecule has 0 saturated carbocycles. The van der Waals surface area contributed by atoms with E-state index in [1.165, 1.54) is 0 Å². The fourth-order valence-electron chi connectivity index (χ4n) is 1.87. The Hall–Kier alpha value is -0.770. The van der Waals surface area contributed by atoms with Crippen LogP contribution in [0, 0.1) is 0 Å². The van der Waals surface area contributed by atoms with Crippen LogP contribution in [0.3, 0.4) is 0 Å². The van der Waals surface area contributed by atoms with E-state index in [1.807, 2.05) is 0 Å². The molecule has 0 unspecified atom stereocenters. The average Bonchev–Trinajstić information content (AvgIpc) is 2.27. The van der Waals surface area contributed by atoms with Gasteiger partial charge in [-0.2, -0.15) is 0 Å². The number of aliphatic imine (C=N–C) groups is 1. The van der Waals surface area contributed by atoms with Crippen molar-refractivity contribution in [2.24, 2.45) is 10.7 Å². The zero-order valence-electron chi connectivity index (χ0n) is 13.2. The zero-order chi connectivity index (χ0) is 14.2. The molecule has 0 heterocycles. The smallest absolute Gasteiger partial charge is 0.191 e. The van der Waals surface area contributed by atoms with Crippen molar-refractivity contribution >= 4 is 5.96 Å². The molecule has 0 aliphatic carbocycles. The van der Waals surface area contributed by atoms with Crippen LogP contribution in [0.5, 0.6) is 0 Å². The van der Waals surface area contributed by atoms with Gasteiger partial charge in [0.15, 0.2) is 5.96 Å². The Labute approximate surface area is 113 Å². The van der Waals surface area contributed by atoms with Crippen LogP contribution in [-0.4, -0.2) is 54.0 Å². The van der Waals surface area contributed by atoms with E-state index < -0.39 is 0 Å².